The summed E-state index contributed by atoms with van der Waals surface area (Å²) in [7, 11) is 0. The van der Waals surface area contributed by atoms with Crippen LogP contribution in [0.25, 0.3) is 0 Å². The average Bonchev–Trinajstić information content (AvgIpc) is 2.96. The number of rotatable bonds is 4. The standard InChI is InChI=1S/C12H18BrNOS2/c1-12(2,3)17(15)14-11(8-4-5-8)10-6-9(13)7-16-10/h6-8,11,14H,4-5H2,1-3H3. The predicted molar refractivity (Wildman–Crippen MR) is 78.5 cm³/mol. The molecule has 2 rings (SSSR count). The minimum atomic E-state index is -0.998. The Morgan fingerprint density at radius 1 is 1.53 bits per heavy atom. The molecule has 2 nitrogen and oxygen atoms in total. The van der Waals surface area contributed by atoms with E-state index in [2.05, 4.69) is 32.1 Å². The predicted octanol–water partition coefficient (Wildman–Crippen LogP) is 4.01. The molecule has 1 aromatic rings. The van der Waals surface area contributed by atoms with Crippen LogP contribution in [0.1, 0.15) is 44.5 Å². The topological polar surface area (TPSA) is 35.1 Å². The van der Waals surface area contributed by atoms with Crippen molar-refractivity contribution in [3.8, 4) is 0 Å². The van der Waals surface area contributed by atoms with Gasteiger partial charge in [0.05, 0.1) is 6.04 Å². The van der Waals surface area contributed by atoms with E-state index in [-0.39, 0.29) is 10.8 Å². The fourth-order valence-electron chi connectivity index (χ4n) is 1.60. The van der Waals surface area contributed by atoms with Crippen LogP contribution in [0, 0.1) is 5.92 Å². The second-order valence-corrected chi connectivity index (χ2v) is 9.34. The van der Waals surface area contributed by atoms with E-state index < -0.39 is 11.4 Å². The minimum Gasteiger partial charge on any atom is -0.598 e. The Kier molecular flexibility index (Phi) is 4.25. The van der Waals surface area contributed by atoms with Gasteiger partial charge in [0.25, 0.3) is 0 Å². The first kappa shape index (κ1) is 13.9. The summed E-state index contributed by atoms with van der Waals surface area (Å²) in [6, 6.07) is 2.40. The highest BCUT2D eigenvalue weighted by Gasteiger charge is 2.38. The van der Waals surface area contributed by atoms with Crippen molar-refractivity contribution in [3.05, 3.63) is 20.8 Å². The maximum Gasteiger partial charge on any atom is 0.136 e. The van der Waals surface area contributed by atoms with E-state index in [9.17, 15) is 4.55 Å². The molecule has 96 valence electrons. The van der Waals surface area contributed by atoms with Crippen molar-refractivity contribution in [2.45, 2.75) is 44.4 Å². The minimum absolute atomic E-state index is 0.207. The van der Waals surface area contributed by atoms with Crippen LogP contribution in [-0.4, -0.2) is 9.30 Å². The monoisotopic (exact) mass is 335 g/mol. The first-order chi connectivity index (χ1) is 7.88. The smallest absolute Gasteiger partial charge is 0.136 e. The third-order valence-electron chi connectivity index (χ3n) is 2.78. The molecule has 2 unspecified atom stereocenters. The lowest BCUT2D eigenvalue weighted by molar-refractivity contribution is 0.507. The van der Waals surface area contributed by atoms with Gasteiger partial charge in [-0.05, 0) is 61.5 Å². The highest BCUT2D eigenvalue weighted by atomic mass is 79.9. The van der Waals surface area contributed by atoms with Crippen LogP contribution in [0.3, 0.4) is 0 Å². The molecule has 0 spiro atoms. The summed E-state index contributed by atoms with van der Waals surface area (Å²) in [5.41, 5.74) is 0. The zero-order valence-corrected chi connectivity index (χ0v) is 13.5. The zero-order valence-electron chi connectivity index (χ0n) is 10.3. The van der Waals surface area contributed by atoms with Gasteiger partial charge in [0.15, 0.2) is 0 Å². The Morgan fingerprint density at radius 2 is 2.18 bits per heavy atom. The third-order valence-corrected chi connectivity index (χ3v) is 6.13. The van der Waals surface area contributed by atoms with E-state index in [4.69, 9.17) is 0 Å². The second kappa shape index (κ2) is 5.21. The SMILES string of the molecule is CC(C)(C)[S+]([O-])NC(c1cc(Br)cs1)C1CC1. The molecule has 0 radical (unpaired) electrons. The lowest BCUT2D eigenvalue weighted by atomic mass is 10.2. The van der Waals surface area contributed by atoms with Crippen molar-refractivity contribution in [1.29, 1.82) is 0 Å². The van der Waals surface area contributed by atoms with Gasteiger partial charge in [0, 0.05) is 26.1 Å². The van der Waals surface area contributed by atoms with Crippen LogP contribution in [0.4, 0.5) is 0 Å². The van der Waals surface area contributed by atoms with Crippen molar-refractivity contribution >= 4 is 38.6 Å². The van der Waals surface area contributed by atoms with E-state index in [1.807, 2.05) is 20.8 Å². The molecule has 1 aromatic heterocycles. The summed E-state index contributed by atoms with van der Waals surface area (Å²) in [6.07, 6.45) is 2.49. The molecule has 0 aliphatic heterocycles. The molecule has 1 aliphatic rings. The van der Waals surface area contributed by atoms with Crippen molar-refractivity contribution in [2.24, 2.45) is 5.92 Å². The summed E-state index contributed by atoms with van der Waals surface area (Å²) in [6.45, 7) is 6.01. The maximum atomic E-state index is 12.2. The van der Waals surface area contributed by atoms with Crippen LogP contribution in [-0.2, 0) is 11.4 Å². The summed E-state index contributed by atoms with van der Waals surface area (Å²) in [5, 5.41) is 2.09. The molecule has 2 atom stereocenters. The number of thiophene rings is 1. The molecule has 5 heteroatoms. The van der Waals surface area contributed by atoms with Gasteiger partial charge in [-0.15, -0.1) is 16.1 Å². The summed E-state index contributed by atoms with van der Waals surface area (Å²) < 4.78 is 16.4. The molecule has 0 amide bonds. The highest BCUT2D eigenvalue weighted by Crippen LogP contribution is 2.44. The van der Waals surface area contributed by atoms with Gasteiger partial charge in [-0.3, -0.25) is 0 Å². The summed E-state index contributed by atoms with van der Waals surface area (Å²) >= 11 is 4.22. The number of hydrogen-bond acceptors (Lipinski definition) is 3. The van der Waals surface area contributed by atoms with Crippen molar-refractivity contribution < 1.29 is 4.55 Å². The van der Waals surface area contributed by atoms with Crippen LogP contribution in [0.5, 0.6) is 0 Å². The lowest BCUT2D eigenvalue weighted by Gasteiger charge is -2.27. The Labute approximate surface area is 119 Å². The fraction of sp³-hybridized carbons (Fsp3) is 0.667. The number of hydrogen-bond donors (Lipinski definition) is 1. The molecular formula is C12H18BrNOS2. The van der Waals surface area contributed by atoms with Crippen LogP contribution in [0.2, 0.25) is 0 Å². The Balaban J connectivity index is 2.08. The maximum absolute atomic E-state index is 12.2. The number of halogens is 1. The zero-order chi connectivity index (χ0) is 12.6. The number of nitrogens with one attached hydrogen (secondary N) is 1. The van der Waals surface area contributed by atoms with Gasteiger partial charge in [0.1, 0.15) is 4.75 Å². The van der Waals surface area contributed by atoms with Crippen molar-refractivity contribution in [2.75, 3.05) is 0 Å². The molecule has 17 heavy (non-hydrogen) atoms. The first-order valence-electron chi connectivity index (χ1n) is 5.80. The molecule has 0 bridgehead atoms. The molecule has 1 aliphatic carbocycles. The molecule has 1 N–H and O–H groups in total. The normalized spacial score (nSPS) is 20.3. The van der Waals surface area contributed by atoms with Gasteiger partial charge in [-0.1, -0.05) is 0 Å². The molecule has 1 saturated carbocycles. The largest absolute Gasteiger partial charge is 0.598 e. The lowest BCUT2D eigenvalue weighted by Crippen LogP contribution is -2.41. The second-order valence-electron chi connectivity index (χ2n) is 5.48. The van der Waals surface area contributed by atoms with E-state index in [1.165, 1.54) is 17.7 Å². The molecule has 0 aromatic carbocycles. The first-order valence-corrected chi connectivity index (χ1v) is 8.62. The highest BCUT2D eigenvalue weighted by molar-refractivity contribution is 9.10. The fourth-order valence-corrected chi connectivity index (χ4v) is 4.17. The van der Waals surface area contributed by atoms with Crippen LogP contribution < -0.4 is 4.72 Å². The molecular weight excluding hydrogens is 318 g/mol. The Hall–Kier alpha value is 0.450. The van der Waals surface area contributed by atoms with Crippen molar-refractivity contribution in [3.63, 3.8) is 0 Å². The third kappa shape index (κ3) is 3.70. The molecule has 1 heterocycles. The van der Waals surface area contributed by atoms with Crippen LogP contribution >= 0.6 is 27.3 Å². The summed E-state index contributed by atoms with van der Waals surface area (Å²) in [5.74, 6) is 0.659. The quantitative estimate of drug-likeness (QED) is 0.843. The van der Waals surface area contributed by atoms with E-state index in [0.717, 1.165) is 4.47 Å². The average molecular weight is 336 g/mol. The molecule has 1 fully saturated rings. The molecule has 0 saturated heterocycles. The van der Waals surface area contributed by atoms with Crippen LogP contribution in [0.15, 0.2) is 15.9 Å². The van der Waals surface area contributed by atoms with E-state index in [0.29, 0.717) is 5.92 Å². The van der Waals surface area contributed by atoms with E-state index in [1.54, 1.807) is 11.3 Å². The van der Waals surface area contributed by atoms with Gasteiger partial charge < -0.3 is 4.55 Å². The van der Waals surface area contributed by atoms with Gasteiger partial charge >= 0.3 is 0 Å². The van der Waals surface area contributed by atoms with Gasteiger partial charge in [0.2, 0.25) is 0 Å². The van der Waals surface area contributed by atoms with Crippen molar-refractivity contribution in [1.82, 2.24) is 4.72 Å². The van der Waals surface area contributed by atoms with Gasteiger partial charge in [-0.2, -0.15) is 0 Å². The van der Waals surface area contributed by atoms with E-state index >= 15 is 0 Å². The Bertz CT molecular complexity index is 384. The Morgan fingerprint density at radius 3 is 2.59 bits per heavy atom. The summed E-state index contributed by atoms with van der Waals surface area (Å²) in [4.78, 5) is 1.29. The van der Waals surface area contributed by atoms with Gasteiger partial charge in [-0.25, -0.2) is 0 Å².